The van der Waals surface area contributed by atoms with Crippen molar-refractivity contribution in [3.63, 3.8) is 0 Å². The van der Waals surface area contributed by atoms with Gasteiger partial charge in [0.05, 0.1) is 0 Å². The Morgan fingerprint density at radius 3 is 2.79 bits per heavy atom. The van der Waals surface area contributed by atoms with Gasteiger partial charge in [-0.15, -0.1) is 0 Å². The lowest BCUT2D eigenvalue weighted by atomic mass is 9.90. The Hall–Kier alpha value is -2.25. The summed E-state index contributed by atoms with van der Waals surface area (Å²) in [6, 6.07) is 5.77. The molecule has 7 heteroatoms. The average molecular weight is 384 g/mol. The molecule has 0 aromatic heterocycles. The largest absolute Gasteiger partial charge is 0.327 e. The van der Waals surface area contributed by atoms with E-state index in [1.165, 1.54) is 0 Å². The van der Waals surface area contributed by atoms with E-state index >= 15 is 0 Å². The van der Waals surface area contributed by atoms with E-state index in [0.717, 1.165) is 43.6 Å². The van der Waals surface area contributed by atoms with Crippen molar-refractivity contribution in [2.75, 3.05) is 13.1 Å². The summed E-state index contributed by atoms with van der Waals surface area (Å²) in [5.41, 5.74) is 8.96. The van der Waals surface area contributed by atoms with Gasteiger partial charge in [0, 0.05) is 37.7 Å². The van der Waals surface area contributed by atoms with Crippen molar-refractivity contribution < 1.29 is 14.4 Å². The highest BCUT2D eigenvalue weighted by Gasteiger charge is 2.39. The number of nitrogens with two attached hydrogens (primary N) is 1. The Morgan fingerprint density at radius 1 is 1.21 bits per heavy atom. The molecule has 3 N–H and O–H groups in total. The van der Waals surface area contributed by atoms with Crippen LogP contribution in [0.3, 0.4) is 0 Å². The predicted molar refractivity (Wildman–Crippen MR) is 104 cm³/mol. The van der Waals surface area contributed by atoms with E-state index in [2.05, 4.69) is 23.2 Å². The summed E-state index contributed by atoms with van der Waals surface area (Å²) in [4.78, 5) is 40.5. The highest BCUT2D eigenvalue weighted by molar-refractivity contribution is 6.05. The molecule has 2 saturated heterocycles. The van der Waals surface area contributed by atoms with Gasteiger partial charge < -0.3 is 10.6 Å². The second-order valence-electron chi connectivity index (χ2n) is 8.25. The first-order chi connectivity index (χ1) is 13.5. The lowest BCUT2D eigenvalue weighted by Crippen LogP contribution is -2.52. The van der Waals surface area contributed by atoms with E-state index in [1.807, 2.05) is 12.1 Å². The minimum Gasteiger partial charge on any atom is -0.327 e. The number of carbonyl (C=O) groups excluding carboxylic acids is 3. The van der Waals surface area contributed by atoms with Crippen LogP contribution in [0, 0.1) is 5.92 Å². The number of nitrogens with one attached hydrogen (secondary N) is 1. The number of rotatable bonds is 4. The maximum absolute atomic E-state index is 12.9. The molecule has 0 spiro atoms. The summed E-state index contributed by atoms with van der Waals surface area (Å²) < 4.78 is 0. The van der Waals surface area contributed by atoms with Gasteiger partial charge in [-0.05, 0) is 42.5 Å². The van der Waals surface area contributed by atoms with Crippen molar-refractivity contribution in [3.8, 4) is 0 Å². The van der Waals surface area contributed by atoms with E-state index in [4.69, 9.17) is 5.73 Å². The van der Waals surface area contributed by atoms with Crippen LogP contribution in [-0.2, 0) is 22.7 Å². The third kappa shape index (κ3) is 3.56. The molecule has 0 radical (unpaired) electrons. The fourth-order valence-electron chi connectivity index (χ4n) is 4.66. The predicted octanol–water partition coefficient (Wildman–Crippen LogP) is 1.01. The number of carbonyl (C=O) groups is 3. The third-order valence-corrected chi connectivity index (χ3v) is 6.40. The molecule has 2 fully saturated rings. The molecule has 3 amide bonds. The number of piperidine rings is 2. The van der Waals surface area contributed by atoms with Crippen molar-refractivity contribution >= 4 is 17.7 Å². The lowest BCUT2D eigenvalue weighted by Gasteiger charge is -2.36. The third-order valence-electron chi connectivity index (χ3n) is 6.40. The van der Waals surface area contributed by atoms with Crippen molar-refractivity contribution in [2.24, 2.45) is 11.7 Å². The van der Waals surface area contributed by atoms with Gasteiger partial charge in [-0.1, -0.05) is 25.5 Å². The number of hydrogen-bond acceptors (Lipinski definition) is 5. The van der Waals surface area contributed by atoms with Crippen LogP contribution in [-0.4, -0.2) is 52.7 Å². The van der Waals surface area contributed by atoms with Crippen LogP contribution in [0.1, 0.15) is 54.1 Å². The summed E-state index contributed by atoms with van der Waals surface area (Å²) in [7, 11) is 0. The second-order valence-corrected chi connectivity index (χ2v) is 8.25. The quantitative estimate of drug-likeness (QED) is 0.756. The molecule has 0 aliphatic carbocycles. The Kier molecular flexibility index (Phi) is 5.21. The number of hydrogen-bond donors (Lipinski definition) is 2. The van der Waals surface area contributed by atoms with Gasteiger partial charge in [-0.3, -0.25) is 24.6 Å². The number of benzene rings is 1. The van der Waals surface area contributed by atoms with Crippen LogP contribution in [0.5, 0.6) is 0 Å². The Labute approximate surface area is 165 Å². The first-order valence-electron chi connectivity index (χ1n) is 10.2. The van der Waals surface area contributed by atoms with Gasteiger partial charge >= 0.3 is 0 Å². The molecule has 7 nitrogen and oxygen atoms in total. The Bertz CT molecular complexity index is 809. The smallest absolute Gasteiger partial charge is 0.255 e. The number of imide groups is 1. The summed E-state index contributed by atoms with van der Waals surface area (Å²) in [6.45, 7) is 5.39. The van der Waals surface area contributed by atoms with E-state index in [9.17, 15) is 14.4 Å². The molecule has 3 aliphatic rings. The zero-order valence-corrected chi connectivity index (χ0v) is 16.3. The Balaban J connectivity index is 1.46. The van der Waals surface area contributed by atoms with Crippen LogP contribution in [0.25, 0.3) is 0 Å². The summed E-state index contributed by atoms with van der Waals surface area (Å²) in [5, 5.41) is 2.34. The molecule has 150 valence electrons. The van der Waals surface area contributed by atoms with Crippen molar-refractivity contribution in [3.05, 3.63) is 34.9 Å². The van der Waals surface area contributed by atoms with Crippen LogP contribution in [0.15, 0.2) is 18.2 Å². The normalized spacial score (nSPS) is 28.4. The Morgan fingerprint density at radius 2 is 2.04 bits per heavy atom. The molecular formula is C21H28N4O3. The van der Waals surface area contributed by atoms with Gasteiger partial charge in [0.2, 0.25) is 11.8 Å². The average Bonchev–Trinajstić information content (AvgIpc) is 2.99. The summed E-state index contributed by atoms with van der Waals surface area (Å²) >= 11 is 0. The molecule has 3 atom stereocenters. The first kappa shape index (κ1) is 19.1. The second kappa shape index (κ2) is 7.64. The minimum atomic E-state index is -0.560. The van der Waals surface area contributed by atoms with E-state index in [-0.39, 0.29) is 30.2 Å². The highest BCUT2D eigenvalue weighted by atomic mass is 16.2. The molecule has 1 aromatic carbocycles. The van der Waals surface area contributed by atoms with Crippen LogP contribution in [0.2, 0.25) is 0 Å². The monoisotopic (exact) mass is 384 g/mol. The SMILES string of the molecule is CCC1CN(Cc2ccc3c(c2)C(=O)N(C2CCC(=O)NC2=O)C3)CCC1N. The van der Waals surface area contributed by atoms with Crippen LogP contribution >= 0.6 is 0 Å². The van der Waals surface area contributed by atoms with Gasteiger partial charge in [0.25, 0.3) is 5.91 Å². The summed E-state index contributed by atoms with van der Waals surface area (Å²) in [5.74, 6) is -0.224. The molecule has 3 aliphatic heterocycles. The van der Waals surface area contributed by atoms with Crippen molar-refractivity contribution in [1.82, 2.24) is 15.1 Å². The molecule has 3 unspecified atom stereocenters. The van der Waals surface area contributed by atoms with Gasteiger partial charge in [-0.2, -0.15) is 0 Å². The zero-order valence-electron chi connectivity index (χ0n) is 16.3. The highest BCUT2D eigenvalue weighted by Crippen LogP contribution is 2.29. The molecule has 1 aromatic rings. The van der Waals surface area contributed by atoms with E-state index in [1.54, 1.807) is 4.90 Å². The number of likely N-dealkylation sites (tertiary alicyclic amines) is 1. The first-order valence-corrected chi connectivity index (χ1v) is 10.2. The van der Waals surface area contributed by atoms with E-state index < -0.39 is 6.04 Å². The molecule has 0 saturated carbocycles. The van der Waals surface area contributed by atoms with Gasteiger partial charge in [0.15, 0.2) is 0 Å². The standard InChI is InChI=1S/C21H28N4O3/c1-2-14-11-24(8-7-17(14)22)10-13-3-4-15-12-25(21(28)16(15)9-13)18-5-6-19(26)23-20(18)27/h3-4,9,14,17-18H,2,5-8,10-12,22H2,1H3,(H,23,26,27). The van der Waals surface area contributed by atoms with Crippen LogP contribution < -0.4 is 11.1 Å². The fourth-order valence-corrected chi connectivity index (χ4v) is 4.66. The molecule has 3 heterocycles. The maximum atomic E-state index is 12.9. The van der Waals surface area contributed by atoms with E-state index in [0.29, 0.717) is 24.4 Å². The van der Waals surface area contributed by atoms with Crippen molar-refractivity contribution in [2.45, 2.75) is 57.8 Å². The summed E-state index contributed by atoms with van der Waals surface area (Å²) in [6.07, 6.45) is 2.76. The van der Waals surface area contributed by atoms with Crippen LogP contribution in [0.4, 0.5) is 0 Å². The minimum absolute atomic E-state index is 0.113. The zero-order chi connectivity index (χ0) is 19.8. The molecule has 28 heavy (non-hydrogen) atoms. The molecule has 4 rings (SSSR count). The topological polar surface area (TPSA) is 95.7 Å². The number of nitrogens with zero attached hydrogens (tertiary/aromatic N) is 2. The van der Waals surface area contributed by atoms with Crippen molar-refractivity contribution in [1.29, 1.82) is 0 Å². The number of fused-ring (bicyclic) bond motifs is 1. The lowest BCUT2D eigenvalue weighted by molar-refractivity contribution is -0.136. The maximum Gasteiger partial charge on any atom is 0.255 e. The van der Waals surface area contributed by atoms with Gasteiger partial charge in [-0.25, -0.2) is 0 Å². The number of amides is 3. The molecular weight excluding hydrogens is 356 g/mol. The van der Waals surface area contributed by atoms with Gasteiger partial charge in [0.1, 0.15) is 6.04 Å². The molecule has 0 bridgehead atoms. The fraction of sp³-hybridized carbons (Fsp3) is 0.571.